The maximum atomic E-state index is 14.4. The van der Waals surface area contributed by atoms with E-state index < -0.39 is 6.17 Å². The molecule has 26 heavy (non-hydrogen) atoms. The Labute approximate surface area is 156 Å². The fourth-order valence-corrected chi connectivity index (χ4v) is 4.64. The summed E-state index contributed by atoms with van der Waals surface area (Å²) in [5.41, 5.74) is 0.146. The summed E-state index contributed by atoms with van der Waals surface area (Å²) < 4.78 is 14.4. The minimum absolute atomic E-state index is 0.257. The molecule has 1 unspecified atom stereocenters. The molecule has 0 radical (unpaired) electrons. The highest BCUT2D eigenvalue weighted by atomic mass is 32.2. The van der Waals surface area contributed by atoms with Gasteiger partial charge in [-0.15, -0.1) is 0 Å². The zero-order chi connectivity index (χ0) is 17.9. The van der Waals surface area contributed by atoms with Gasteiger partial charge in [-0.1, -0.05) is 6.42 Å². The number of hydrogen-bond donors (Lipinski definition) is 2. The second-order valence-electron chi connectivity index (χ2n) is 7.35. The number of alkyl halides is 1. The average molecular weight is 377 g/mol. The van der Waals surface area contributed by atoms with E-state index in [2.05, 4.69) is 20.3 Å². The number of aromatic amines is 1. The van der Waals surface area contributed by atoms with Gasteiger partial charge in [-0.05, 0) is 56.8 Å². The third-order valence-electron chi connectivity index (χ3n) is 5.41. The lowest BCUT2D eigenvalue weighted by atomic mass is 9.85. The molecule has 1 saturated heterocycles. The molecule has 4 rings (SSSR count). The van der Waals surface area contributed by atoms with Gasteiger partial charge >= 0.3 is 0 Å². The maximum Gasteiger partial charge on any atom is 0.258 e. The summed E-state index contributed by atoms with van der Waals surface area (Å²) in [6, 6.07) is 0. The molecule has 1 aromatic rings. The number of hydrogen-bond acceptors (Lipinski definition) is 5. The van der Waals surface area contributed by atoms with Crippen LogP contribution in [0, 0.1) is 5.92 Å². The van der Waals surface area contributed by atoms with Crippen LogP contribution in [0.5, 0.6) is 0 Å². The monoisotopic (exact) mass is 376 g/mol. The number of rotatable bonds is 5. The summed E-state index contributed by atoms with van der Waals surface area (Å²) in [6.07, 6.45) is 7.59. The number of fused-ring (bicyclic) bond motifs is 1. The van der Waals surface area contributed by atoms with Crippen LogP contribution in [0.1, 0.15) is 37.9 Å². The second kappa shape index (κ2) is 8.05. The average Bonchev–Trinajstić information content (AvgIpc) is 2.61. The smallest absolute Gasteiger partial charge is 0.258 e. The van der Waals surface area contributed by atoms with Gasteiger partial charge in [0.25, 0.3) is 5.56 Å². The van der Waals surface area contributed by atoms with Crippen LogP contribution >= 0.6 is 11.8 Å². The molecule has 1 atom stereocenters. The lowest BCUT2D eigenvalue weighted by Gasteiger charge is -2.23. The summed E-state index contributed by atoms with van der Waals surface area (Å²) in [4.78, 5) is 24.2. The van der Waals surface area contributed by atoms with E-state index in [9.17, 15) is 9.18 Å². The first-order chi connectivity index (χ1) is 12.7. The summed E-state index contributed by atoms with van der Waals surface area (Å²) in [5.74, 6) is 1.93. The van der Waals surface area contributed by atoms with E-state index in [4.69, 9.17) is 0 Å². The van der Waals surface area contributed by atoms with Crippen molar-refractivity contribution in [3.63, 3.8) is 0 Å². The van der Waals surface area contributed by atoms with Crippen LogP contribution in [-0.4, -0.2) is 46.7 Å². The van der Waals surface area contributed by atoms with Crippen molar-refractivity contribution in [3.8, 4) is 0 Å². The summed E-state index contributed by atoms with van der Waals surface area (Å²) in [5, 5.41) is 4.84. The fraction of sp³-hybridized carbons (Fsp3) is 0.632. The summed E-state index contributed by atoms with van der Waals surface area (Å²) in [6.45, 7) is 2.78. The molecule has 0 bridgehead atoms. The Kier molecular flexibility index (Phi) is 5.55. The molecule has 7 heteroatoms. The number of nitrogens with zero attached hydrogens (tertiary/aromatic N) is 2. The van der Waals surface area contributed by atoms with Crippen LogP contribution in [0.25, 0.3) is 12.2 Å². The number of halogens is 1. The van der Waals surface area contributed by atoms with Crippen molar-refractivity contribution >= 4 is 29.6 Å². The summed E-state index contributed by atoms with van der Waals surface area (Å²) in [7, 11) is 0. The van der Waals surface area contributed by atoms with Gasteiger partial charge in [0.2, 0.25) is 0 Å². The number of H-pyrrole nitrogens is 1. The van der Waals surface area contributed by atoms with Crippen molar-refractivity contribution < 1.29 is 4.39 Å². The Morgan fingerprint density at radius 3 is 2.81 bits per heavy atom. The van der Waals surface area contributed by atoms with E-state index in [1.807, 2.05) is 11.8 Å². The topological polar surface area (TPSA) is 70.1 Å². The molecule has 1 aromatic heterocycles. The van der Waals surface area contributed by atoms with E-state index in [1.54, 1.807) is 6.08 Å². The molecule has 1 saturated carbocycles. The van der Waals surface area contributed by atoms with Crippen LogP contribution in [0.3, 0.4) is 0 Å². The molecule has 3 aliphatic rings. The molecule has 2 heterocycles. The van der Waals surface area contributed by atoms with Gasteiger partial charge in [0.15, 0.2) is 6.17 Å². The van der Waals surface area contributed by atoms with Gasteiger partial charge in [0.05, 0.1) is 22.0 Å². The van der Waals surface area contributed by atoms with Gasteiger partial charge in [-0.25, -0.2) is 9.37 Å². The number of aliphatic imine (C=N–C) groups is 1. The van der Waals surface area contributed by atoms with Crippen LogP contribution in [0.4, 0.5) is 4.39 Å². The van der Waals surface area contributed by atoms with Crippen molar-refractivity contribution in [2.45, 2.75) is 49.3 Å². The van der Waals surface area contributed by atoms with Crippen molar-refractivity contribution in [2.24, 2.45) is 10.9 Å². The zero-order valence-electron chi connectivity index (χ0n) is 14.8. The van der Waals surface area contributed by atoms with Crippen molar-refractivity contribution in [1.29, 1.82) is 0 Å². The van der Waals surface area contributed by atoms with E-state index in [-0.39, 0.29) is 5.56 Å². The standard InChI is InChI=1S/C19H25FN4OS/c20-15-8-14-16(9-17(15)22-10-12-2-1-3-12)23-18(24-19(14)25)11-26-13-4-6-21-7-5-13/h8-9,12-13,15,21H,1-7,10-11H2,(H,23,24,25). The number of nitrogens with one attached hydrogen (secondary N) is 2. The first-order valence-corrected chi connectivity index (χ1v) is 10.6. The van der Waals surface area contributed by atoms with Crippen LogP contribution in [0.2, 0.25) is 0 Å². The molecule has 0 aromatic carbocycles. The minimum atomic E-state index is -1.32. The van der Waals surface area contributed by atoms with Crippen molar-refractivity contribution in [1.82, 2.24) is 15.3 Å². The lowest BCUT2D eigenvalue weighted by molar-refractivity contribution is 0.326. The third-order valence-corrected chi connectivity index (χ3v) is 6.80. The molecular weight excluding hydrogens is 351 g/mol. The highest BCUT2D eigenvalue weighted by Crippen LogP contribution is 2.26. The Hall–Kier alpha value is -1.47. The predicted octanol–water partition coefficient (Wildman–Crippen LogP) is 0.909. The van der Waals surface area contributed by atoms with Gasteiger partial charge < -0.3 is 10.3 Å². The fourth-order valence-electron chi connectivity index (χ4n) is 3.54. The van der Waals surface area contributed by atoms with E-state index in [0.29, 0.717) is 45.6 Å². The van der Waals surface area contributed by atoms with Crippen LogP contribution < -0.4 is 21.4 Å². The Balaban J connectivity index is 1.54. The first-order valence-electron chi connectivity index (χ1n) is 9.52. The van der Waals surface area contributed by atoms with Gasteiger partial charge in [0, 0.05) is 11.8 Å². The van der Waals surface area contributed by atoms with Crippen molar-refractivity contribution in [2.75, 3.05) is 19.6 Å². The lowest BCUT2D eigenvalue weighted by Crippen LogP contribution is -2.48. The second-order valence-corrected chi connectivity index (χ2v) is 8.64. The molecule has 140 valence electrons. The molecule has 0 spiro atoms. The normalized spacial score (nSPS) is 25.3. The highest BCUT2D eigenvalue weighted by Gasteiger charge is 2.20. The quantitative estimate of drug-likeness (QED) is 0.801. The first kappa shape index (κ1) is 17.9. The number of thioether (sulfide) groups is 1. The van der Waals surface area contributed by atoms with Gasteiger partial charge in [-0.3, -0.25) is 9.79 Å². The van der Waals surface area contributed by atoms with Crippen molar-refractivity contribution in [3.05, 3.63) is 26.7 Å². The van der Waals surface area contributed by atoms with Crippen LogP contribution in [-0.2, 0) is 5.75 Å². The van der Waals surface area contributed by atoms with E-state index in [0.717, 1.165) is 25.9 Å². The Morgan fingerprint density at radius 1 is 1.27 bits per heavy atom. The minimum Gasteiger partial charge on any atom is -0.317 e. The molecule has 0 amide bonds. The molecule has 2 aliphatic carbocycles. The molecule has 1 aliphatic heterocycles. The molecule has 2 N–H and O–H groups in total. The Bertz CT molecular complexity index is 855. The van der Waals surface area contributed by atoms with E-state index >= 15 is 0 Å². The zero-order valence-corrected chi connectivity index (χ0v) is 15.7. The number of aromatic nitrogens is 2. The van der Waals surface area contributed by atoms with Gasteiger partial charge in [-0.2, -0.15) is 11.8 Å². The largest absolute Gasteiger partial charge is 0.317 e. The van der Waals surface area contributed by atoms with Crippen LogP contribution in [0.15, 0.2) is 9.79 Å². The SMILES string of the molecule is O=c1[nH]c(CSC2CCNCC2)nc2c1=CC(F)C(=NCC1CCC1)C=2. The molecular formula is C19H25FN4OS. The third kappa shape index (κ3) is 4.09. The maximum absolute atomic E-state index is 14.4. The Morgan fingerprint density at radius 2 is 2.08 bits per heavy atom. The molecule has 5 nitrogen and oxygen atoms in total. The van der Waals surface area contributed by atoms with Gasteiger partial charge in [0.1, 0.15) is 5.82 Å². The molecule has 2 fully saturated rings. The predicted molar refractivity (Wildman–Crippen MR) is 105 cm³/mol. The van der Waals surface area contributed by atoms with E-state index in [1.165, 1.54) is 25.3 Å². The highest BCUT2D eigenvalue weighted by molar-refractivity contribution is 7.99. The number of piperidine rings is 1. The summed E-state index contributed by atoms with van der Waals surface area (Å²) >= 11 is 1.83.